The molecule has 0 N–H and O–H groups in total. The highest BCUT2D eigenvalue weighted by molar-refractivity contribution is 7.98. The van der Waals surface area contributed by atoms with Gasteiger partial charge in [-0.2, -0.15) is 13.2 Å². The second kappa shape index (κ2) is 8.53. The summed E-state index contributed by atoms with van der Waals surface area (Å²) >= 11 is 1.24. The number of para-hydroxylation sites is 1. The summed E-state index contributed by atoms with van der Waals surface area (Å²) in [7, 11) is 1.54. The van der Waals surface area contributed by atoms with Gasteiger partial charge in [-0.3, -0.25) is 9.20 Å². The molecule has 0 atom stereocenters. The first kappa shape index (κ1) is 22.0. The molecular weight excluding hydrogens is 465 g/mol. The van der Waals surface area contributed by atoms with Gasteiger partial charge in [-0.05, 0) is 35.9 Å². The molecule has 3 aromatic carbocycles. The van der Waals surface area contributed by atoms with Gasteiger partial charge in [0.1, 0.15) is 5.75 Å². The maximum absolute atomic E-state index is 13.4. The van der Waals surface area contributed by atoms with Crippen LogP contribution in [0.25, 0.3) is 22.4 Å². The molecule has 34 heavy (non-hydrogen) atoms. The van der Waals surface area contributed by atoms with Crippen LogP contribution in [0.2, 0.25) is 0 Å². The van der Waals surface area contributed by atoms with Gasteiger partial charge in [0.25, 0.3) is 5.56 Å². The van der Waals surface area contributed by atoms with E-state index in [4.69, 9.17) is 4.74 Å². The number of benzene rings is 3. The molecule has 172 valence electrons. The van der Waals surface area contributed by atoms with Gasteiger partial charge in [0.2, 0.25) is 5.78 Å². The van der Waals surface area contributed by atoms with Crippen LogP contribution in [-0.2, 0) is 11.9 Å². The molecule has 0 aliphatic heterocycles. The highest BCUT2D eigenvalue weighted by Crippen LogP contribution is 2.31. The normalized spacial score (nSPS) is 11.9. The fraction of sp³-hybridized carbons (Fsp3) is 0.125. The number of alkyl halides is 3. The Kier molecular flexibility index (Phi) is 5.52. The number of methoxy groups -OCH3 is 1. The zero-order chi connectivity index (χ0) is 23.9. The van der Waals surface area contributed by atoms with E-state index < -0.39 is 11.7 Å². The summed E-state index contributed by atoms with van der Waals surface area (Å²) < 4.78 is 47.8. The van der Waals surface area contributed by atoms with Gasteiger partial charge in [0.05, 0.1) is 29.3 Å². The number of thioether (sulfide) groups is 1. The lowest BCUT2D eigenvalue weighted by Gasteiger charge is -2.12. The molecule has 2 aromatic heterocycles. The van der Waals surface area contributed by atoms with E-state index in [-0.39, 0.29) is 11.3 Å². The fourth-order valence-corrected chi connectivity index (χ4v) is 4.62. The molecule has 10 heteroatoms. The van der Waals surface area contributed by atoms with Crippen molar-refractivity contribution in [2.75, 3.05) is 7.11 Å². The molecule has 0 aliphatic carbocycles. The molecule has 0 spiro atoms. The number of hydrogen-bond donors (Lipinski definition) is 0. The lowest BCUT2D eigenvalue weighted by atomic mass is 10.1. The van der Waals surface area contributed by atoms with Crippen LogP contribution in [0.3, 0.4) is 0 Å². The third kappa shape index (κ3) is 3.90. The van der Waals surface area contributed by atoms with Gasteiger partial charge in [-0.15, -0.1) is 10.2 Å². The van der Waals surface area contributed by atoms with Crippen molar-refractivity contribution in [3.05, 3.63) is 94.3 Å². The van der Waals surface area contributed by atoms with E-state index in [9.17, 15) is 18.0 Å². The minimum absolute atomic E-state index is 0.247. The highest BCUT2D eigenvalue weighted by Gasteiger charge is 2.30. The number of fused-ring (bicyclic) bond motifs is 3. The molecule has 0 aliphatic rings. The van der Waals surface area contributed by atoms with Crippen LogP contribution in [0, 0.1) is 0 Å². The molecule has 0 radical (unpaired) electrons. The van der Waals surface area contributed by atoms with Crippen molar-refractivity contribution >= 4 is 28.4 Å². The largest absolute Gasteiger partial charge is 0.497 e. The second-order valence-corrected chi connectivity index (χ2v) is 8.41. The van der Waals surface area contributed by atoms with E-state index in [0.29, 0.717) is 38.8 Å². The lowest BCUT2D eigenvalue weighted by Crippen LogP contribution is -2.21. The predicted molar refractivity (Wildman–Crippen MR) is 124 cm³/mol. The smallest absolute Gasteiger partial charge is 0.416 e. The summed E-state index contributed by atoms with van der Waals surface area (Å²) in [6.07, 6.45) is -4.41. The standard InChI is InChI=1S/C24H17F3N4O2S/c1-33-18-9-5-8-17(13-18)30-21(32)19-10-2-3-11-20(19)31-22(30)28-29-23(31)34-14-15-6-4-7-16(12-15)24(25,26)27/h2-13H,14H2,1H3. The van der Waals surface area contributed by atoms with Crippen LogP contribution in [0.4, 0.5) is 13.2 Å². The number of aromatic nitrogens is 4. The summed E-state index contributed by atoms with van der Waals surface area (Å²) in [4.78, 5) is 13.4. The van der Waals surface area contributed by atoms with Crippen LogP contribution in [-0.4, -0.2) is 26.3 Å². The number of rotatable bonds is 5. The van der Waals surface area contributed by atoms with Gasteiger partial charge < -0.3 is 4.74 Å². The molecule has 5 aromatic rings. The molecule has 2 heterocycles. The first-order valence-electron chi connectivity index (χ1n) is 10.2. The van der Waals surface area contributed by atoms with Gasteiger partial charge >= 0.3 is 6.18 Å². The van der Waals surface area contributed by atoms with E-state index in [0.717, 1.165) is 12.1 Å². The Balaban J connectivity index is 1.64. The monoisotopic (exact) mass is 482 g/mol. The van der Waals surface area contributed by atoms with Crippen LogP contribution in [0.5, 0.6) is 5.75 Å². The first-order chi connectivity index (χ1) is 16.4. The van der Waals surface area contributed by atoms with E-state index in [2.05, 4.69) is 10.2 Å². The van der Waals surface area contributed by atoms with Crippen molar-refractivity contribution in [3.8, 4) is 11.4 Å². The maximum atomic E-state index is 13.4. The Morgan fingerprint density at radius 2 is 1.76 bits per heavy atom. The van der Waals surface area contributed by atoms with Gasteiger partial charge in [-0.1, -0.05) is 48.2 Å². The number of hydrogen-bond acceptors (Lipinski definition) is 5. The molecule has 0 fully saturated rings. The van der Waals surface area contributed by atoms with Crippen LogP contribution in [0.1, 0.15) is 11.1 Å². The molecule has 0 bridgehead atoms. The van der Waals surface area contributed by atoms with Crippen molar-refractivity contribution < 1.29 is 17.9 Å². The van der Waals surface area contributed by atoms with E-state index in [1.165, 1.54) is 29.5 Å². The number of halogens is 3. The minimum Gasteiger partial charge on any atom is -0.497 e. The quantitative estimate of drug-likeness (QED) is 0.316. The zero-order valence-corrected chi connectivity index (χ0v) is 18.6. The fourth-order valence-electron chi connectivity index (χ4n) is 3.74. The topological polar surface area (TPSA) is 61.4 Å². The van der Waals surface area contributed by atoms with Gasteiger partial charge in [0, 0.05) is 11.8 Å². The van der Waals surface area contributed by atoms with E-state index in [1.807, 2.05) is 0 Å². The third-order valence-corrected chi connectivity index (χ3v) is 6.33. The third-order valence-electron chi connectivity index (χ3n) is 5.33. The van der Waals surface area contributed by atoms with Crippen molar-refractivity contribution in [3.63, 3.8) is 0 Å². The average Bonchev–Trinajstić information content (AvgIpc) is 3.26. The predicted octanol–water partition coefficient (Wildman–Crippen LogP) is 5.35. The first-order valence-corrected chi connectivity index (χ1v) is 11.2. The molecule has 0 saturated heterocycles. The lowest BCUT2D eigenvalue weighted by molar-refractivity contribution is -0.137. The summed E-state index contributed by atoms with van der Waals surface area (Å²) in [5.41, 5.74) is 0.703. The zero-order valence-electron chi connectivity index (χ0n) is 17.8. The Morgan fingerprint density at radius 1 is 0.971 bits per heavy atom. The second-order valence-electron chi connectivity index (χ2n) is 7.46. The molecule has 0 saturated carbocycles. The van der Waals surface area contributed by atoms with Crippen LogP contribution >= 0.6 is 11.8 Å². The van der Waals surface area contributed by atoms with Crippen molar-refractivity contribution in [2.45, 2.75) is 17.1 Å². The minimum atomic E-state index is -4.41. The Bertz CT molecular complexity index is 1580. The van der Waals surface area contributed by atoms with E-state index >= 15 is 0 Å². The van der Waals surface area contributed by atoms with Crippen molar-refractivity contribution in [1.82, 2.24) is 19.2 Å². The summed E-state index contributed by atoms with van der Waals surface area (Å²) in [6.45, 7) is 0. The maximum Gasteiger partial charge on any atom is 0.416 e. The number of ether oxygens (including phenoxy) is 1. The molecule has 0 unspecified atom stereocenters. The molecule has 5 rings (SSSR count). The highest BCUT2D eigenvalue weighted by atomic mass is 32.2. The molecule has 0 amide bonds. The van der Waals surface area contributed by atoms with Gasteiger partial charge in [0.15, 0.2) is 5.16 Å². The summed E-state index contributed by atoms with van der Waals surface area (Å²) in [5.74, 6) is 1.12. The Morgan fingerprint density at radius 3 is 2.56 bits per heavy atom. The Hall–Kier alpha value is -3.79. The van der Waals surface area contributed by atoms with Crippen LogP contribution in [0.15, 0.2) is 82.7 Å². The van der Waals surface area contributed by atoms with Crippen LogP contribution < -0.4 is 10.3 Å². The Labute approximate surface area is 195 Å². The summed E-state index contributed by atoms with van der Waals surface area (Å²) in [6, 6.07) is 19.3. The van der Waals surface area contributed by atoms with Crippen molar-refractivity contribution in [2.24, 2.45) is 0 Å². The van der Waals surface area contributed by atoms with Crippen molar-refractivity contribution in [1.29, 1.82) is 0 Å². The summed E-state index contributed by atoms with van der Waals surface area (Å²) in [5, 5.41) is 9.44. The number of nitrogens with zero attached hydrogens (tertiary/aromatic N) is 4. The van der Waals surface area contributed by atoms with Gasteiger partial charge in [-0.25, -0.2) is 4.57 Å². The SMILES string of the molecule is COc1cccc(-n2c(=O)c3ccccc3n3c(SCc4cccc(C(F)(F)F)c4)nnc23)c1. The average molecular weight is 482 g/mol. The van der Waals surface area contributed by atoms with E-state index in [1.54, 1.807) is 59.0 Å². The molecular formula is C24H17F3N4O2S. The molecule has 6 nitrogen and oxygen atoms in total.